The smallest absolute Gasteiger partial charge is 0.208 e. The lowest BCUT2D eigenvalue weighted by Crippen LogP contribution is -2.18. The third-order valence-corrected chi connectivity index (χ3v) is 4.56. The van der Waals surface area contributed by atoms with E-state index >= 15 is 0 Å². The topological polar surface area (TPSA) is 55.0 Å². The lowest BCUT2D eigenvalue weighted by molar-refractivity contribution is 0.589. The maximum atomic E-state index is 5.85. The molecule has 0 aliphatic rings. The molecule has 1 heterocycles. The van der Waals surface area contributed by atoms with Crippen molar-refractivity contribution >= 4 is 28.2 Å². The molecule has 2 N–H and O–H groups in total. The summed E-state index contributed by atoms with van der Waals surface area (Å²) in [6.07, 6.45) is 3.31. The lowest BCUT2D eigenvalue weighted by atomic mass is 10.1. The van der Waals surface area contributed by atoms with Crippen LogP contribution in [0.3, 0.4) is 0 Å². The molecule has 0 saturated carbocycles. The largest absolute Gasteiger partial charge is 0.353 e. The van der Waals surface area contributed by atoms with Crippen LogP contribution < -0.4 is 10.6 Å². The van der Waals surface area contributed by atoms with E-state index in [0.29, 0.717) is 6.04 Å². The summed E-state index contributed by atoms with van der Waals surface area (Å²) in [5, 5.41) is 9.19. The Morgan fingerprint density at radius 2 is 2.19 bits per heavy atom. The normalized spacial score (nSPS) is 12.8. The van der Waals surface area contributed by atoms with Crippen molar-refractivity contribution in [3.05, 3.63) is 0 Å². The van der Waals surface area contributed by atoms with E-state index in [0.717, 1.165) is 34.5 Å². The van der Waals surface area contributed by atoms with Gasteiger partial charge in [0.1, 0.15) is 0 Å². The van der Waals surface area contributed by atoms with Gasteiger partial charge in [-0.2, -0.15) is 0 Å². The number of anilines is 1. The number of hydrogen-bond donors (Lipinski definition) is 1. The number of nitrogens with two attached hydrogens (primary N) is 1. The summed E-state index contributed by atoms with van der Waals surface area (Å²) in [4.78, 5) is 1.98. The van der Waals surface area contributed by atoms with Crippen molar-refractivity contribution in [2.75, 3.05) is 24.7 Å². The van der Waals surface area contributed by atoms with E-state index < -0.39 is 0 Å². The number of aromatic nitrogens is 2. The average Bonchev–Trinajstić information content (AvgIpc) is 2.72. The van der Waals surface area contributed by atoms with Crippen LogP contribution in [0.1, 0.15) is 26.2 Å². The second kappa shape index (κ2) is 7.09. The number of nitrogens with zero attached hydrogens (tertiary/aromatic N) is 3. The van der Waals surface area contributed by atoms with Gasteiger partial charge in [-0.1, -0.05) is 30.0 Å². The maximum absolute atomic E-state index is 5.85. The second-order valence-electron chi connectivity index (χ2n) is 3.90. The highest BCUT2D eigenvalue weighted by molar-refractivity contribution is 8.01. The lowest BCUT2D eigenvalue weighted by Gasteiger charge is -2.06. The summed E-state index contributed by atoms with van der Waals surface area (Å²) in [5.41, 5.74) is 5.85. The van der Waals surface area contributed by atoms with Crippen molar-refractivity contribution in [1.82, 2.24) is 10.2 Å². The van der Waals surface area contributed by atoms with Crippen LogP contribution in [0.15, 0.2) is 4.34 Å². The van der Waals surface area contributed by atoms with Gasteiger partial charge >= 0.3 is 0 Å². The number of hydrogen-bond acceptors (Lipinski definition) is 6. The van der Waals surface area contributed by atoms with Gasteiger partial charge in [0.15, 0.2) is 4.34 Å². The number of thioether (sulfide) groups is 1. The molecule has 6 heteroatoms. The van der Waals surface area contributed by atoms with Gasteiger partial charge in [0.2, 0.25) is 5.13 Å². The van der Waals surface area contributed by atoms with E-state index in [-0.39, 0.29) is 0 Å². The van der Waals surface area contributed by atoms with Crippen LogP contribution in [0.25, 0.3) is 0 Å². The zero-order valence-corrected chi connectivity index (χ0v) is 11.8. The molecular weight excluding hydrogens is 240 g/mol. The van der Waals surface area contributed by atoms with E-state index in [4.69, 9.17) is 5.73 Å². The zero-order valence-electron chi connectivity index (χ0n) is 10.1. The highest BCUT2D eigenvalue weighted by Gasteiger charge is 2.06. The molecule has 0 saturated heterocycles. The van der Waals surface area contributed by atoms with Crippen molar-refractivity contribution in [2.45, 2.75) is 36.6 Å². The third-order valence-electron chi connectivity index (χ3n) is 2.25. The van der Waals surface area contributed by atoms with Crippen LogP contribution in [-0.4, -0.2) is 36.1 Å². The standard InChI is InChI=1S/C10H20N4S2/c1-4-8(11)6-5-7-15-10-13-12-9(16-10)14(2)3/h8H,4-7,11H2,1-3H3. The van der Waals surface area contributed by atoms with Crippen LogP contribution in [0, 0.1) is 0 Å². The summed E-state index contributed by atoms with van der Waals surface area (Å²) < 4.78 is 1.05. The Morgan fingerprint density at radius 1 is 1.44 bits per heavy atom. The van der Waals surface area contributed by atoms with Gasteiger partial charge in [-0.15, -0.1) is 10.2 Å². The molecule has 16 heavy (non-hydrogen) atoms. The SMILES string of the molecule is CCC(N)CCCSc1nnc(N(C)C)s1. The summed E-state index contributed by atoms with van der Waals surface area (Å²) in [7, 11) is 3.96. The first kappa shape index (κ1) is 13.7. The number of rotatable bonds is 7. The van der Waals surface area contributed by atoms with Crippen LogP contribution in [-0.2, 0) is 0 Å². The first-order chi connectivity index (χ1) is 7.63. The summed E-state index contributed by atoms with van der Waals surface area (Å²) >= 11 is 3.41. The average molecular weight is 260 g/mol. The fourth-order valence-corrected chi connectivity index (χ4v) is 2.95. The van der Waals surface area contributed by atoms with Gasteiger partial charge in [-0.3, -0.25) is 0 Å². The molecule has 0 bridgehead atoms. The first-order valence-corrected chi connectivity index (χ1v) is 7.33. The van der Waals surface area contributed by atoms with Gasteiger partial charge in [0, 0.05) is 25.9 Å². The highest BCUT2D eigenvalue weighted by atomic mass is 32.2. The molecule has 1 rings (SSSR count). The molecule has 0 aliphatic heterocycles. The predicted molar refractivity (Wildman–Crippen MR) is 72.5 cm³/mol. The molecule has 0 aromatic carbocycles. The molecule has 0 radical (unpaired) electrons. The Bertz CT molecular complexity index is 301. The monoisotopic (exact) mass is 260 g/mol. The van der Waals surface area contributed by atoms with Crippen molar-refractivity contribution < 1.29 is 0 Å². The van der Waals surface area contributed by atoms with Crippen LogP contribution in [0.5, 0.6) is 0 Å². The van der Waals surface area contributed by atoms with Gasteiger partial charge in [0.25, 0.3) is 0 Å². The van der Waals surface area contributed by atoms with Gasteiger partial charge in [-0.05, 0) is 19.3 Å². The minimum atomic E-state index is 0.354. The molecule has 0 spiro atoms. The quantitative estimate of drug-likeness (QED) is 0.602. The molecule has 1 atom stereocenters. The van der Waals surface area contributed by atoms with E-state index in [9.17, 15) is 0 Å². The van der Waals surface area contributed by atoms with Crippen molar-refractivity contribution in [1.29, 1.82) is 0 Å². The summed E-state index contributed by atoms with van der Waals surface area (Å²) in [5.74, 6) is 1.08. The maximum Gasteiger partial charge on any atom is 0.208 e. The second-order valence-corrected chi connectivity index (χ2v) is 6.20. The molecular formula is C10H20N4S2. The molecule has 0 amide bonds. The zero-order chi connectivity index (χ0) is 12.0. The van der Waals surface area contributed by atoms with E-state index in [1.807, 2.05) is 19.0 Å². The fourth-order valence-electron chi connectivity index (χ4n) is 1.15. The molecule has 0 fully saturated rings. The predicted octanol–water partition coefficient (Wildman–Crippen LogP) is 2.21. The van der Waals surface area contributed by atoms with E-state index in [2.05, 4.69) is 17.1 Å². The van der Waals surface area contributed by atoms with Crippen LogP contribution in [0.2, 0.25) is 0 Å². The van der Waals surface area contributed by atoms with Gasteiger partial charge < -0.3 is 10.6 Å². The Hall–Kier alpha value is -0.330. The third kappa shape index (κ3) is 4.67. The Morgan fingerprint density at radius 3 is 2.75 bits per heavy atom. The van der Waals surface area contributed by atoms with Crippen molar-refractivity contribution in [3.63, 3.8) is 0 Å². The Kier molecular flexibility index (Phi) is 6.08. The Balaban J connectivity index is 2.21. The minimum Gasteiger partial charge on any atom is -0.353 e. The summed E-state index contributed by atoms with van der Waals surface area (Å²) in [6, 6.07) is 0.354. The van der Waals surface area contributed by atoms with Gasteiger partial charge in [0.05, 0.1) is 0 Å². The van der Waals surface area contributed by atoms with Gasteiger partial charge in [-0.25, -0.2) is 0 Å². The molecule has 1 aromatic rings. The molecule has 1 unspecified atom stereocenters. The molecule has 92 valence electrons. The first-order valence-electron chi connectivity index (χ1n) is 5.52. The molecule has 1 aromatic heterocycles. The van der Waals surface area contributed by atoms with Crippen LogP contribution >= 0.6 is 23.1 Å². The molecule has 0 aliphatic carbocycles. The van der Waals surface area contributed by atoms with Crippen LogP contribution in [0.4, 0.5) is 5.13 Å². The Labute approximate surface area is 106 Å². The van der Waals surface area contributed by atoms with Crippen molar-refractivity contribution in [3.8, 4) is 0 Å². The van der Waals surface area contributed by atoms with E-state index in [1.165, 1.54) is 0 Å². The highest BCUT2D eigenvalue weighted by Crippen LogP contribution is 2.27. The summed E-state index contributed by atoms with van der Waals surface area (Å²) in [6.45, 7) is 2.13. The van der Waals surface area contributed by atoms with E-state index in [1.54, 1.807) is 23.1 Å². The molecule has 4 nitrogen and oxygen atoms in total. The fraction of sp³-hybridized carbons (Fsp3) is 0.800. The van der Waals surface area contributed by atoms with Crippen molar-refractivity contribution in [2.24, 2.45) is 5.73 Å². The minimum absolute atomic E-state index is 0.354.